The van der Waals surface area contributed by atoms with E-state index < -0.39 is 22.3 Å². The number of aromatic hydroxyl groups is 6. The predicted molar refractivity (Wildman–Crippen MR) is 171 cm³/mol. The lowest BCUT2D eigenvalue weighted by Crippen LogP contribution is -2.26. The van der Waals surface area contributed by atoms with E-state index in [1.807, 2.05) is 27.7 Å². The first kappa shape index (κ1) is 31.6. The van der Waals surface area contributed by atoms with Crippen molar-refractivity contribution in [1.82, 2.24) is 0 Å². The largest absolute Gasteiger partial charge is 0.504 e. The van der Waals surface area contributed by atoms with Crippen molar-refractivity contribution in [3.05, 3.63) is 104 Å². The van der Waals surface area contributed by atoms with E-state index in [1.54, 1.807) is 0 Å². The zero-order valence-corrected chi connectivity index (χ0v) is 26.8. The first-order valence-corrected chi connectivity index (χ1v) is 14.5. The molecule has 0 bridgehead atoms. The number of aryl methyl sites for hydroxylation is 4. The summed E-state index contributed by atoms with van der Waals surface area (Å²) in [6, 6.07) is 14.8. The summed E-state index contributed by atoms with van der Waals surface area (Å²) in [6.45, 7) is 20.9. The van der Waals surface area contributed by atoms with Gasteiger partial charge in [0.15, 0.2) is 34.5 Å². The minimum Gasteiger partial charge on any atom is -0.504 e. The summed E-state index contributed by atoms with van der Waals surface area (Å²) in [5.41, 5.74) is 8.72. The van der Waals surface area contributed by atoms with Gasteiger partial charge in [0.2, 0.25) is 0 Å². The van der Waals surface area contributed by atoms with Gasteiger partial charge in [0.1, 0.15) is 0 Å². The van der Waals surface area contributed by atoms with Crippen molar-refractivity contribution in [2.45, 2.75) is 85.5 Å². The van der Waals surface area contributed by atoms with Crippen LogP contribution in [0.15, 0.2) is 48.5 Å². The molecule has 4 aromatic rings. The maximum Gasteiger partial charge on any atom is 0.200 e. The van der Waals surface area contributed by atoms with Gasteiger partial charge < -0.3 is 30.6 Å². The molecule has 0 heterocycles. The minimum atomic E-state index is -0.559. The molecule has 0 atom stereocenters. The van der Waals surface area contributed by atoms with Gasteiger partial charge in [0, 0.05) is 16.2 Å². The van der Waals surface area contributed by atoms with Crippen LogP contribution in [0.5, 0.6) is 34.5 Å². The second-order valence-electron chi connectivity index (χ2n) is 13.6. The SMILES string of the molecule is Cc1cc(C(C)(C)c2cc(C)c(C(C)(C)c3cc(O)c(O)c(O)c3)c(C)c2)cc(C)c1C(C)(C)c1cc(O)c(O)c(O)c1. The van der Waals surface area contributed by atoms with Crippen LogP contribution in [0.25, 0.3) is 0 Å². The molecule has 6 nitrogen and oxygen atoms in total. The smallest absolute Gasteiger partial charge is 0.200 e. The van der Waals surface area contributed by atoms with E-state index >= 15 is 0 Å². The molecule has 6 N–H and O–H groups in total. The zero-order valence-electron chi connectivity index (χ0n) is 26.8. The third-order valence-electron chi connectivity index (χ3n) is 9.34. The summed E-state index contributed by atoms with van der Waals surface area (Å²) < 4.78 is 0. The van der Waals surface area contributed by atoms with Crippen LogP contribution in [0.2, 0.25) is 0 Å². The highest BCUT2D eigenvalue weighted by molar-refractivity contribution is 5.59. The maximum absolute atomic E-state index is 10.2. The van der Waals surface area contributed by atoms with Crippen LogP contribution in [0.1, 0.15) is 97.2 Å². The lowest BCUT2D eigenvalue weighted by molar-refractivity contribution is 0.365. The lowest BCUT2D eigenvalue weighted by Gasteiger charge is -2.35. The van der Waals surface area contributed by atoms with Gasteiger partial charge in [-0.25, -0.2) is 0 Å². The first-order valence-electron chi connectivity index (χ1n) is 14.5. The molecule has 0 amide bonds. The van der Waals surface area contributed by atoms with E-state index in [1.165, 1.54) is 24.3 Å². The Morgan fingerprint density at radius 3 is 0.791 bits per heavy atom. The summed E-state index contributed by atoms with van der Waals surface area (Å²) in [7, 11) is 0. The highest BCUT2D eigenvalue weighted by Crippen LogP contribution is 2.46. The average Bonchev–Trinajstić information content (AvgIpc) is 2.88. The second kappa shape index (κ2) is 10.4. The fourth-order valence-corrected chi connectivity index (χ4v) is 7.01. The van der Waals surface area contributed by atoms with Crippen molar-refractivity contribution in [3.8, 4) is 34.5 Å². The second-order valence-corrected chi connectivity index (χ2v) is 13.6. The monoisotopic (exact) mass is 584 g/mol. The third-order valence-corrected chi connectivity index (χ3v) is 9.34. The van der Waals surface area contributed by atoms with Gasteiger partial charge in [-0.3, -0.25) is 0 Å². The fraction of sp³-hybridized carbons (Fsp3) is 0.351. The van der Waals surface area contributed by atoms with Gasteiger partial charge in [-0.15, -0.1) is 0 Å². The van der Waals surface area contributed by atoms with Gasteiger partial charge >= 0.3 is 0 Å². The highest BCUT2D eigenvalue weighted by Gasteiger charge is 2.33. The molecule has 43 heavy (non-hydrogen) atoms. The Kier molecular flexibility index (Phi) is 7.68. The molecule has 4 rings (SSSR count). The third kappa shape index (κ3) is 5.24. The molecule has 0 fully saturated rings. The highest BCUT2D eigenvalue weighted by atomic mass is 16.3. The van der Waals surface area contributed by atoms with Crippen LogP contribution in [0, 0.1) is 27.7 Å². The molecule has 0 spiro atoms. The van der Waals surface area contributed by atoms with Gasteiger partial charge in [0.05, 0.1) is 0 Å². The normalized spacial score (nSPS) is 12.5. The Morgan fingerprint density at radius 1 is 0.349 bits per heavy atom. The molecule has 228 valence electrons. The fourth-order valence-electron chi connectivity index (χ4n) is 7.01. The van der Waals surface area contributed by atoms with E-state index in [0.29, 0.717) is 11.1 Å². The molecule has 0 aromatic heterocycles. The van der Waals surface area contributed by atoms with Gasteiger partial charge in [-0.2, -0.15) is 0 Å². The van der Waals surface area contributed by atoms with Crippen molar-refractivity contribution in [3.63, 3.8) is 0 Å². The molecule has 0 aliphatic carbocycles. The summed E-state index contributed by atoms with van der Waals surface area (Å²) in [5.74, 6) is -2.46. The summed E-state index contributed by atoms with van der Waals surface area (Å²) in [5, 5.41) is 60.5. The Bertz CT molecular complexity index is 1520. The van der Waals surface area contributed by atoms with Gasteiger partial charge in [-0.1, -0.05) is 65.8 Å². The number of rotatable bonds is 6. The molecule has 0 aliphatic rings. The average molecular weight is 585 g/mol. The van der Waals surface area contributed by atoms with Crippen LogP contribution in [-0.4, -0.2) is 30.6 Å². The Balaban J connectivity index is 1.79. The lowest BCUT2D eigenvalue weighted by atomic mass is 9.69. The van der Waals surface area contributed by atoms with E-state index in [4.69, 9.17) is 0 Å². The Labute approximate surface area is 254 Å². The van der Waals surface area contributed by atoms with Gasteiger partial charge in [-0.05, 0) is 108 Å². The Morgan fingerprint density at radius 2 is 0.558 bits per heavy atom. The van der Waals surface area contributed by atoms with Crippen LogP contribution >= 0.6 is 0 Å². The van der Waals surface area contributed by atoms with Crippen LogP contribution in [-0.2, 0) is 16.2 Å². The molecule has 0 radical (unpaired) electrons. The van der Waals surface area contributed by atoms with Crippen LogP contribution in [0.3, 0.4) is 0 Å². The van der Waals surface area contributed by atoms with E-state index in [-0.39, 0.29) is 28.4 Å². The zero-order chi connectivity index (χ0) is 32.4. The van der Waals surface area contributed by atoms with E-state index in [2.05, 4.69) is 65.8 Å². The first-order chi connectivity index (χ1) is 19.7. The molecule has 0 unspecified atom stereocenters. The quantitative estimate of drug-likeness (QED) is 0.127. The minimum absolute atomic E-state index is 0.347. The van der Waals surface area contributed by atoms with Crippen LogP contribution < -0.4 is 0 Å². The standard InChI is InChI=1S/C37H44O6/c1-19-11-23(12-20(2)31(19)36(7,8)25-15-27(38)33(42)28(39)16-25)35(5,6)24-13-21(3)32(22(4)14-24)37(9,10)26-17-29(40)34(43)30(41)18-26/h11-18,38-43H,1-10H3. The van der Waals surface area contributed by atoms with Crippen molar-refractivity contribution in [1.29, 1.82) is 0 Å². The number of hydrogen-bond acceptors (Lipinski definition) is 6. The molecule has 4 aromatic carbocycles. The van der Waals surface area contributed by atoms with Crippen molar-refractivity contribution in [2.24, 2.45) is 0 Å². The summed E-state index contributed by atoms with van der Waals surface area (Å²) in [6.07, 6.45) is 0. The van der Waals surface area contributed by atoms with E-state index in [9.17, 15) is 30.6 Å². The molecule has 0 saturated carbocycles. The van der Waals surface area contributed by atoms with E-state index in [0.717, 1.165) is 44.5 Å². The van der Waals surface area contributed by atoms with Gasteiger partial charge in [0.25, 0.3) is 0 Å². The summed E-state index contributed by atoms with van der Waals surface area (Å²) >= 11 is 0. The molecule has 0 saturated heterocycles. The van der Waals surface area contributed by atoms with Crippen molar-refractivity contribution >= 4 is 0 Å². The topological polar surface area (TPSA) is 121 Å². The van der Waals surface area contributed by atoms with Crippen molar-refractivity contribution < 1.29 is 30.6 Å². The number of phenolic OH excluding ortho intramolecular Hbond substituents is 6. The Hall–Kier alpha value is -4.32. The molecular weight excluding hydrogens is 540 g/mol. The number of hydrogen-bond donors (Lipinski definition) is 6. The summed E-state index contributed by atoms with van der Waals surface area (Å²) in [4.78, 5) is 0. The maximum atomic E-state index is 10.2. The molecule has 0 aliphatic heterocycles. The number of benzene rings is 4. The predicted octanol–water partition coefficient (Wildman–Crippen LogP) is 8.13. The number of phenols is 6. The molecular formula is C37H44O6. The molecule has 6 heteroatoms. The van der Waals surface area contributed by atoms with Crippen LogP contribution in [0.4, 0.5) is 0 Å². The van der Waals surface area contributed by atoms with Crippen molar-refractivity contribution in [2.75, 3.05) is 0 Å².